The summed E-state index contributed by atoms with van der Waals surface area (Å²) < 4.78 is 0. The Morgan fingerprint density at radius 2 is 1.33 bits per heavy atom. The van der Waals surface area contributed by atoms with Crippen LogP contribution >= 0.6 is 0 Å². The van der Waals surface area contributed by atoms with Gasteiger partial charge in [-0.15, -0.1) is 13.2 Å². The van der Waals surface area contributed by atoms with Crippen LogP contribution in [0.4, 0.5) is 0 Å². The highest BCUT2D eigenvalue weighted by atomic mass is 14.4. The van der Waals surface area contributed by atoms with Crippen LogP contribution in [-0.4, -0.2) is 12.4 Å². The van der Waals surface area contributed by atoms with Gasteiger partial charge in [0.05, 0.1) is 0 Å². The molecule has 0 rings (SSSR count). The molecule has 0 aromatic carbocycles. The van der Waals surface area contributed by atoms with Crippen LogP contribution in [0.3, 0.4) is 0 Å². The lowest BCUT2D eigenvalue weighted by molar-refractivity contribution is 0.756. The van der Waals surface area contributed by atoms with Gasteiger partial charge in [0.2, 0.25) is 0 Å². The third kappa shape index (κ3) is 7.08. The number of nitrogens with one attached hydrogen (secondary N) is 2. The van der Waals surface area contributed by atoms with Gasteiger partial charge < -0.3 is 10.8 Å². The first-order valence-electron chi connectivity index (χ1n) is 2.65. The van der Waals surface area contributed by atoms with Crippen LogP contribution < -0.4 is 0 Å². The Balaban J connectivity index is 0. The summed E-state index contributed by atoms with van der Waals surface area (Å²) >= 11 is 0. The monoisotopic (exact) mass is 126 g/mol. The molecule has 0 radical (unpaired) electrons. The molecule has 0 heterocycles. The van der Waals surface area contributed by atoms with Crippen LogP contribution in [0.2, 0.25) is 0 Å². The molecule has 0 atom stereocenters. The predicted octanol–water partition coefficient (Wildman–Crippen LogP) is 2.11. The fourth-order valence-corrected chi connectivity index (χ4v) is 0.0417. The highest BCUT2D eigenvalue weighted by molar-refractivity contribution is 5.84. The molecule has 2 N–H and O–H groups in total. The Hall–Kier alpha value is -0.920. The molecule has 0 aliphatic heterocycles. The maximum Gasteiger partial charge on any atom is 0.0339 e. The van der Waals surface area contributed by atoms with Crippen molar-refractivity contribution < 1.29 is 0 Å². The minimum absolute atomic E-state index is 0.333. The average molecular weight is 126 g/mol. The fourth-order valence-electron chi connectivity index (χ4n) is 0.0417. The van der Waals surface area contributed by atoms with Crippen LogP contribution in [0, 0.1) is 16.2 Å². The van der Waals surface area contributed by atoms with Crippen LogP contribution in [-0.2, 0) is 0 Å². The first kappa shape index (κ1) is 11.0. The van der Waals surface area contributed by atoms with Crippen LogP contribution in [0.25, 0.3) is 0 Å². The largest absolute Gasteiger partial charge is 0.312 e. The van der Waals surface area contributed by atoms with E-state index in [0.29, 0.717) is 0 Å². The van der Waals surface area contributed by atoms with Crippen molar-refractivity contribution in [3.63, 3.8) is 0 Å². The molecule has 2 heteroatoms. The van der Waals surface area contributed by atoms with E-state index in [1.165, 1.54) is 12.4 Å². The second kappa shape index (κ2) is 5.22. The van der Waals surface area contributed by atoms with Crippen molar-refractivity contribution in [3.8, 4) is 0 Å². The van der Waals surface area contributed by atoms with Gasteiger partial charge in [-0.05, 0) is 13.8 Å². The molecule has 2 nitrogen and oxygen atoms in total. The lowest BCUT2D eigenvalue weighted by Crippen LogP contribution is -2.12. The first-order valence-corrected chi connectivity index (χ1v) is 2.65. The lowest BCUT2D eigenvalue weighted by Gasteiger charge is -2.07. The van der Waals surface area contributed by atoms with E-state index in [1.54, 1.807) is 0 Å². The number of hydrogen-bond donors (Lipinski definition) is 2. The Morgan fingerprint density at radius 1 is 1.11 bits per heavy atom. The van der Waals surface area contributed by atoms with Gasteiger partial charge in [-0.1, -0.05) is 0 Å². The molecule has 0 aliphatic carbocycles. The molecule has 0 aliphatic rings. The van der Waals surface area contributed by atoms with E-state index in [-0.39, 0.29) is 5.41 Å². The summed E-state index contributed by atoms with van der Waals surface area (Å²) in [5, 5.41) is 13.5. The SMILES string of the molecule is C=C.CC(C)(C=N)C=N. The van der Waals surface area contributed by atoms with Crippen molar-refractivity contribution in [3.05, 3.63) is 13.2 Å². The van der Waals surface area contributed by atoms with Crippen molar-refractivity contribution in [1.82, 2.24) is 0 Å². The summed E-state index contributed by atoms with van der Waals surface area (Å²) in [6, 6.07) is 0. The summed E-state index contributed by atoms with van der Waals surface area (Å²) in [6.07, 6.45) is 2.50. The van der Waals surface area contributed by atoms with Gasteiger partial charge in [0, 0.05) is 17.8 Å². The zero-order valence-electron chi connectivity index (χ0n) is 6.07. The van der Waals surface area contributed by atoms with Crippen LogP contribution in [0.5, 0.6) is 0 Å². The van der Waals surface area contributed by atoms with E-state index in [0.717, 1.165) is 0 Å². The van der Waals surface area contributed by atoms with E-state index in [2.05, 4.69) is 13.2 Å². The fraction of sp³-hybridized carbons (Fsp3) is 0.429. The Bertz CT molecular complexity index is 85.1. The zero-order chi connectivity index (χ0) is 7.91. The van der Waals surface area contributed by atoms with E-state index >= 15 is 0 Å². The molecule has 0 unspecified atom stereocenters. The van der Waals surface area contributed by atoms with Gasteiger partial charge in [-0.25, -0.2) is 0 Å². The van der Waals surface area contributed by atoms with Gasteiger partial charge in [0.25, 0.3) is 0 Å². The molecule has 0 saturated carbocycles. The Morgan fingerprint density at radius 3 is 1.33 bits per heavy atom. The van der Waals surface area contributed by atoms with Gasteiger partial charge in [0.1, 0.15) is 0 Å². The molecule has 0 amide bonds. The molecule has 52 valence electrons. The quantitative estimate of drug-likeness (QED) is 0.420. The van der Waals surface area contributed by atoms with Crippen molar-refractivity contribution in [2.24, 2.45) is 5.41 Å². The molecular formula is C7H14N2. The van der Waals surface area contributed by atoms with E-state index in [9.17, 15) is 0 Å². The maximum absolute atomic E-state index is 6.73. The summed E-state index contributed by atoms with van der Waals surface area (Å²) in [5.41, 5.74) is -0.333. The molecule has 9 heavy (non-hydrogen) atoms. The Labute approximate surface area is 56.6 Å². The van der Waals surface area contributed by atoms with Crippen molar-refractivity contribution in [2.45, 2.75) is 13.8 Å². The molecule has 0 bridgehead atoms. The van der Waals surface area contributed by atoms with Crippen LogP contribution in [0.1, 0.15) is 13.8 Å². The summed E-state index contributed by atoms with van der Waals surface area (Å²) in [7, 11) is 0. The van der Waals surface area contributed by atoms with Crippen LogP contribution in [0.15, 0.2) is 13.2 Å². The average Bonchev–Trinajstić information content (AvgIpc) is 1.93. The summed E-state index contributed by atoms with van der Waals surface area (Å²) in [6.45, 7) is 9.62. The first-order chi connectivity index (χ1) is 4.12. The minimum Gasteiger partial charge on any atom is -0.312 e. The molecule has 0 fully saturated rings. The topological polar surface area (TPSA) is 47.7 Å². The second-order valence-electron chi connectivity index (χ2n) is 2.11. The third-order valence-electron chi connectivity index (χ3n) is 0.744. The minimum atomic E-state index is -0.333. The molecular weight excluding hydrogens is 112 g/mol. The molecule has 0 spiro atoms. The van der Waals surface area contributed by atoms with Gasteiger partial charge >= 0.3 is 0 Å². The predicted molar refractivity (Wildman–Crippen MR) is 42.6 cm³/mol. The van der Waals surface area contributed by atoms with E-state index in [1.807, 2.05) is 13.8 Å². The van der Waals surface area contributed by atoms with Gasteiger partial charge in [-0.2, -0.15) is 0 Å². The number of hydrogen-bond acceptors (Lipinski definition) is 2. The highest BCUT2D eigenvalue weighted by Gasteiger charge is 2.07. The standard InChI is InChI=1S/C5H10N2.C2H4/c1-5(2,3-6)4-7;1-2/h3-4,6-7H,1-2H3;1-2H2. The maximum atomic E-state index is 6.73. The van der Waals surface area contributed by atoms with Crippen molar-refractivity contribution >= 4 is 12.4 Å². The lowest BCUT2D eigenvalue weighted by atomic mass is 9.98. The number of rotatable bonds is 2. The highest BCUT2D eigenvalue weighted by Crippen LogP contribution is 2.03. The smallest absolute Gasteiger partial charge is 0.0339 e. The Kier molecular flexibility index (Phi) is 6.36. The molecule has 0 saturated heterocycles. The van der Waals surface area contributed by atoms with Gasteiger partial charge in [-0.3, -0.25) is 0 Å². The summed E-state index contributed by atoms with van der Waals surface area (Å²) in [4.78, 5) is 0. The summed E-state index contributed by atoms with van der Waals surface area (Å²) in [5.74, 6) is 0. The molecule has 0 aromatic rings. The van der Waals surface area contributed by atoms with Gasteiger partial charge in [0.15, 0.2) is 0 Å². The second-order valence-corrected chi connectivity index (χ2v) is 2.11. The van der Waals surface area contributed by atoms with E-state index < -0.39 is 0 Å². The third-order valence-corrected chi connectivity index (χ3v) is 0.744. The normalized spacial score (nSPS) is 8.67. The molecule has 0 aromatic heterocycles. The zero-order valence-corrected chi connectivity index (χ0v) is 6.07. The van der Waals surface area contributed by atoms with Crippen molar-refractivity contribution in [1.29, 1.82) is 10.8 Å². The van der Waals surface area contributed by atoms with E-state index in [4.69, 9.17) is 10.8 Å². The van der Waals surface area contributed by atoms with Crippen molar-refractivity contribution in [2.75, 3.05) is 0 Å².